The van der Waals surface area contributed by atoms with E-state index in [2.05, 4.69) is 10.3 Å². The number of nitrogens with one attached hydrogen (secondary N) is 1. The van der Waals surface area contributed by atoms with Gasteiger partial charge in [0.2, 0.25) is 5.91 Å². The van der Waals surface area contributed by atoms with Gasteiger partial charge in [-0.05, 0) is 51.3 Å². The number of fused-ring (bicyclic) bond motifs is 3. The number of aromatic nitrogens is 1. The maximum absolute atomic E-state index is 12.8. The fourth-order valence-corrected chi connectivity index (χ4v) is 3.96. The summed E-state index contributed by atoms with van der Waals surface area (Å²) in [5, 5.41) is 3.81. The molecule has 0 aliphatic carbocycles. The number of nitrogens with zero attached hydrogens (tertiary/aromatic N) is 1. The molecule has 1 aliphatic rings. The highest BCUT2D eigenvalue weighted by Crippen LogP contribution is 2.43. The van der Waals surface area contributed by atoms with Gasteiger partial charge in [-0.25, -0.2) is 9.78 Å². The number of amides is 1. The first kappa shape index (κ1) is 21.2. The fourth-order valence-electron chi connectivity index (χ4n) is 3.84. The minimum Gasteiger partial charge on any atom is -0.496 e. The summed E-state index contributed by atoms with van der Waals surface area (Å²) in [6.45, 7) is 5.83. The van der Waals surface area contributed by atoms with Crippen molar-refractivity contribution >= 4 is 34.3 Å². The number of carbonyl (C=O) groups excluding carboxylic acids is 1. The Balaban J connectivity index is 1.75. The standard InChI is InChI=1S/C23H23ClN2O5/c1-12-15(9-19(27)26-18-6-5-13(24)11-25-18)22(28)30-21-14-7-8-23(2,3)31-16(14)10-17(29-4)20(12)21/h5-6,10-11H,7-9H2,1-4H3,(H,25,26,27). The second-order valence-electron chi connectivity index (χ2n) is 8.20. The van der Waals surface area contributed by atoms with E-state index in [4.69, 9.17) is 25.5 Å². The molecule has 7 nitrogen and oxygen atoms in total. The molecule has 0 spiro atoms. The van der Waals surface area contributed by atoms with Crippen LogP contribution < -0.4 is 20.4 Å². The van der Waals surface area contributed by atoms with E-state index in [-0.39, 0.29) is 23.5 Å². The summed E-state index contributed by atoms with van der Waals surface area (Å²) in [4.78, 5) is 29.4. The second kappa shape index (κ2) is 7.89. The van der Waals surface area contributed by atoms with Crippen LogP contribution in [-0.4, -0.2) is 23.6 Å². The minimum atomic E-state index is -0.551. The molecule has 3 heterocycles. The molecule has 1 N–H and O–H groups in total. The summed E-state index contributed by atoms with van der Waals surface area (Å²) in [7, 11) is 1.55. The summed E-state index contributed by atoms with van der Waals surface area (Å²) >= 11 is 5.82. The maximum Gasteiger partial charge on any atom is 0.340 e. The number of aryl methyl sites for hydroxylation is 2. The van der Waals surface area contributed by atoms with E-state index in [0.717, 1.165) is 12.0 Å². The summed E-state index contributed by atoms with van der Waals surface area (Å²) in [5.41, 5.74) is 1.36. The zero-order valence-electron chi connectivity index (χ0n) is 17.8. The van der Waals surface area contributed by atoms with Gasteiger partial charge in [0.1, 0.15) is 28.5 Å². The summed E-state index contributed by atoms with van der Waals surface area (Å²) in [6, 6.07) is 5.04. The number of hydrogen-bond acceptors (Lipinski definition) is 6. The molecule has 3 aromatic rings. The van der Waals surface area contributed by atoms with Crippen molar-refractivity contribution in [2.75, 3.05) is 12.4 Å². The number of benzene rings is 1. The number of hydrogen-bond donors (Lipinski definition) is 1. The first-order valence-electron chi connectivity index (χ1n) is 9.95. The molecule has 0 fully saturated rings. The molecule has 0 saturated carbocycles. The van der Waals surface area contributed by atoms with Crippen molar-refractivity contribution in [1.82, 2.24) is 4.98 Å². The molecular weight excluding hydrogens is 420 g/mol. The molecule has 1 aliphatic heterocycles. The van der Waals surface area contributed by atoms with Gasteiger partial charge in [-0.2, -0.15) is 0 Å². The van der Waals surface area contributed by atoms with Gasteiger partial charge in [0.05, 0.1) is 29.5 Å². The Morgan fingerprint density at radius 3 is 2.81 bits per heavy atom. The SMILES string of the molecule is COc1cc2c(c3oc(=O)c(CC(=O)Nc4ccc(Cl)cn4)c(C)c13)CCC(C)(C)O2. The molecule has 0 radical (unpaired) electrons. The molecule has 162 valence electrons. The summed E-state index contributed by atoms with van der Waals surface area (Å²) in [5.74, 6) is 1.16. The third-order valence-corrected chi connectivity index (χ3v) is 5.72. The Hall–Kier alpha value is -3.06. The molecular formula is C23H23ClN2O5. The number of ether oxygens (including phenoxy) is 2. The highest BCUT2D eigenvalue weighted by molar-refractivity contribution is 6.30. The molecule has 1 aromatic carbocycles. The van der Waals surface area contributed by atoms with Crippen molar-refractivity contribution in [3.05, 3.63) is 56.5 Å². The third kappa shape index (κ3) is 4.10. The minimum absolute atomic E-state index is 0.155. The zero-order valence-corrected chi connectivity index (χ0v) is 18.6. The lowest BCUT2D eigenvalue weighted by molar-refractivity contribution is -0.115. The number of methoxy groups -OCH3 is 1. The molecule has 2 aromatic heterocycles. The third-order valence-electron chi connectivity index (χ3n) is 5.49. The predicted octanol–water partition coefficient (Wildman–Crippen LogP) is 4.44. The Morgan fingerprint density at radius 2 is 2.13 bits per heavy atom. The van der Waals surface area contributed by atoms with Crippen LogP contribution in [-0.2, 0) is 17.6 Å². The Kier molecular flexibility index (Phi) is 5.39. The van der Waals surface area contributed by atoms with Crippen LogP contribution >= 0.6 is 11.6 Å². The molecule has 0 saturated heterocycles. The van der Waals surface area contributed by atoms with E-state index in [9.17, 15) is 9.59 Å². The normalized spacial score (nSPS) is 14.6. The van der Waals surface area contributed by atoms with Crippen molar-refractivity contribution < 1.29 is 18.7 Å². The van der Waals surface area contributed by atoms with Gasteiger partial charge >= 0.3 is 5.63 Å². The monoisotopic (exact) mass is 442 g/mol. The fraction of sp³-hybridized carbons (Fsp3) is 0.348. The van der Waals surface area contributed by atoms with E-state index in [0.29, 0.717) is 45.3 Å². The number of carbonyl (C=O) groups is 1. The van der Waals surface area contributed by atoms with Crippen LogP contribution in [0.1, 0.15) is 37.0 Å². The molecule has 1 amide bonds. The Bertz CT molecular complexity index is 1230. The number of halogens is 1. The molecule has 0 atom stereocenters. The van der Waals surface area contributed by atoms with Crippen molar-refractivity contribution in [2.24, 2.45) is 0 Å². The number of anilines is 1. The summed E-state index contributed by atoms with van der Waals surface area (Å²) in [6.07, 6.45) is 2.79. The van der Waals surface area contributed by atoms with E-state index in [1.165, 1.54) is 6.20 Å². The van der Waals surface area contributed by atoms with Crippen molar-refractivity contribution in [1.29, 1.82) is 0 Å². The van der Waals surface area contributed by atoms with Crippen molar-refractivity contribution in [2.45, 2.75) is 45.6 Å². The van der Waals surface area contributed by atoms with E-state index >= 15 is 0 Å². The molecule has 31 heavy (non-hydrogen) atoms. The van der Waals surface area contributed by atoms with Crippen LogP contribution in [0.5, 0.6) is 11.5 Å². The molecule has 0 bridgehead atoms. The van der Waals surface area contributed by atoms with Crippen molar-refractivity contribution in [3.63, 3.8) is 0 Å². The van der Waals surface area contributed by atoms with Gasteiger partial charge < -0.3 is 19.2 Å². The first-order chi connectivity index (χ1) is 14.7. The molecule has 0 unspecified atom stereocenters. The zero-order chi connectivity index (χ0) is 22.3. The molecule has 4 rings (SSSR count). The number of rotatable bonds is 4. The van der Waals surface area contributed by atoms with Gasteiger partial charge in [-0.15, -0.1) is 0 Å². The average molecular weight is 443 g/mol. The first-order valence-corrected chi connectivity index (χ1v) is 10.3. The van der Waals surface area contributed by atoms with Gasteiger partial charge in [0.15, 0.2) is 0 Å². The van der Waals surface area contributed by atoms with Gasteiger partial charge in [0, 0.05) is 17.8 Å². The van der Waals surface area contributed by atoms with Crippen LogP contribution in [0.4, 0.5) is 5.82 Å². The second-order valence-corrected chi connectivity index (χ2v) is 8.64. The van der Waals surface area contributed by atoms with E-state index < -0.39 is 5.63 Å². The van der Waals surface area contributed by atoms with Crippen molar-refractivity contribution in [3.8, 4) is 11.5 Å². The Labute approximate surface area is 184 Å². The lowest BCUT2D eigenvalue weighted by Gasteiger charge is -2.33. The topological polar surface area (TPSA) is 90.7 Å². The van der Waals surface area contributed by atoms with Crippen LogP contribution in [0, 0.1) is 6.92 Å². The van der Waals surface area contributed by atoms with Crippen LogP contribution in [0.2, 0.25) is 5.02 Å². The Morgan fingerprint density at radius 1 is 1.35 bits per heavy atom. The maximum atomic E-state index is 12.8. The van der Waals surface area contributed by atoms with Crippen LogP contribution in [0.15, 0.2) is 33.6 Å². The van der Waals surface area contributed by atoms with Gasteiger partial charge in [0.25, 0.3) is 0 Å². The average Bonchev–Trinajstić information content (AvgIpc) is 2.71. The smallest absolute Gasteiger partial charge is 0.340 e. The highest BCUT2D eigenvalue weighted by atomic mass is 35.5. The van der Waals surface area contributed by atoms with E-state index in [1.54, 1.807) is 26.2 Å². The number of pyridine rings is 1. The van der Waals surface area contributed by atoms with Crippen LogP contribution in [0.25, 0.3) is 11.0 Å². The highest BCUT2D eigenvalue weighted by Gasteiger charge is 2.31. The van der Waals surface area contributed by atoms with Crippen LogP contribution in [0.3, 0.4) is 0 Å². The van der Waals surface area contributed by atoms with Gasteiger partial charge in [-0.3, -0.25) is 4.79 Å². The lowest BCUT2D eigenvalue weighted by Crippen LogP contribution is -2.32. The quantitative estimate of drug-likeness (QED) is 0.600. The van der Waals surface area contributed by atoms with Gasteiger partial charge in [-0.1, -0.05) is 11.6 Å². The molecule has 8 heteroatoms. The largest absolute Gasteiger partial charge is 0.496 e. The lowest BCUT2D eigenvalue weighted by atomic mass is 9.91. The summed E-state index contributed by atoms with van der Waals surface area (Å²) < 4.78 is 17.4. The van der Waals surface area contributed by atoms with E-state index in [1.807, 2.05) is 19.9 Å². The predicted molar refractivity (Wildman–Crippen MR) is 118 cm³/mol.